The molecule has 1 aliphatic rings. The zero-order valence-electron chi connectivity index (χ0n) is 9.11. The predicted octanol–water partition coefficient (Wildman–Crippen LogP) is 0.363. The van der Waals surface area contributed by atoms with Crippen molar-refractivity contribution in [2.45, 2.75) is 6.54 Å². The molecule has 84 valence electrons. The van der Waals surface area contributed by atoms with Gasteiger partial charge in [0.05, 0.1) is 5.69 Å². The number of hydrogen-bond acceptors (Lipinski definition) is 4. The highest BCUT2D eigenvalue weighted by atomic mass is 15.2. The first-order valence-electron chi connectivity index (χ1n) is 5.64. The average Bonchev–Trinajstić information content (AvgIpc) is 2.74. The van der Waals surface area contributed by atoms with Crippen LogP contribution < -0.4 is 5.32 Å². The number of aromatic nitrogens is 3. The van der Waals surface area contributed by atoms with Gasteiger partial charge in [-0.25, -0.2) is 0 Å². The highest BCUT2D eigenvalue weighted by molar-refractivity contribution is 5.76. The summed E-state index contributed by atoms with van der Waals surface area (Å²) in [7, 11) is 0. The molecule has 0 atom stereocenters. The summed E-state index contributed by atoms with van der Waals surface area (Å²) >= 11 is 0. The maximum Gasteiger partial charge on any atom is 0.113 e. The molecule has 0 aliphatic carbocycles. The van der Waals surface area contributed by atoms with Crippen molar-refractivity contribution in [1.29, 1.82) is 0 Å². The number of nitrogens with one attached hydrogen (secondary N) is 2. The smallest absolute Gasteiger partial charge is 0.113 e. The van der Waals surface area contributed by atoms with Crippen LogP contribution in [0.2, 0.25) is 0 Å². The maximum atomic E-state index is 4.37. The van der Waals surface area contributed by atoms with E-state index in [9.17, 15) is 0 Å². The van der Waals surface area contributed by atoms with Gasteiger partial charge in [0, 0.05) is 38.9 Å². The van der Waals surface area contributed by atoms with Gasteiger partial charge in [0.15, 0.2) is 0 Å². The number of rotatable bonds is 2. The van der Waals surface area contributed by atoms with Crippen LogP contribution in [0.25, 0.3) is 11.0 Å². The van der Waals surface area contributed by atoms with Crippen molar-refractivity contribution in [3.8, 4) is 0 Å². The van der Waals surface area contributed by atoms with E-state index in [1.807, 2.05) is 18.3 Å². The van der Waals surface area contributed by atoms with Crippen LogP contribution in [0.1, 0.15) is 5.69 Å². The van der Waals surface area contributed by atoms with Gasteiger partial charge in [-0.05, 0) is 12.1 Å². The summed E-state index contributed by atoms with van der Waals surface area (Å²) in [6, 6.07) is 3.90. The Morgan fingerprint density at radius 3 is 3.06 bits per heavy atom. The fraction of sp³-hybridized carbons (Fsp3) is 0.455. The minimum atomic E-state index is 0.912. The van der Waals surface area contributed by atoms with Crippen LogP contribution in [-0.4, -0.2) is 46.3 Å². The van der Waals surface area contributed by atoms with Crippen molar-refractivity contribution in [3.05, 3.63) is 24.0 Å². The van der Waals surface area contributed by atoms with Gasteiger partial charge < -0.3 is 5.32 Å². The molecule has 0 aromatic carbocycles. The van der Waals surface area contributed by atoms with Gasteiger partial charge in [-0.3, -0.25) is 15.0 Å². The molecule has 2 aromatic rings. The third kappa shape index (κ3) is 1.79. The molecule has 5 nitrogen and oxygen atoms in total. The highest BCUT2D eigenvalue weighted by Gasteiger charge is 2.13. The second kappa shape index (κ2) is 4.19. The molecule has 2 aromatic heterocycles. The minimum absolute atomic E-state index is 0.912. The first-order chi connectivity index (χ1) is 7.93. The van der Waals surface area contributed by atoms with Crippen molar-refractivity contribution >= 4 is 11.0 Å². The van der Waals surface area contributed by atoms with Crippen molar-refractivity contribution < 1.29 is 0 Å². The summed E-state index contributed by atoms with van der Waals surface area (Å²) in [5, 5.41) is 10.7. The molecule has 2 N–H and O–H groups in total. The lowest BCUT2D eigenvalue weighted by atomic mass is 10.2. The summed E-state index contributed by atoms with van der Waals surface area (Å²) in [6.07, 6.45) is 1.82. The first-order valence-corrected chi connectivity index (χ1v) is 5.64. The van der Waals surface area contributed by atoms with Gasteiger partial charge in [-0.15, -0.1) is 0 Å². The first kappa shape index (κ1) is 9.74. The molecule has 16 heavy (non-hydrogen) atoms. The van der Waals surface area contributed by atoms with Crippen LogP contribution in [0.5, 0.6) is 0 Å². The number of piperazine rings is 1. The standard InChI is InChI=1S/C11H15N5/c1-2-9-11(13-3-1)10(15-14-9)8-16-6-4-12-5-7-16/h1-3,12H,4-8H2,(H,14,15). The van der Waals surface area contributed by atoms with Gasteiger partial charge >= 0.3 is 0 Å². The highest BCUT2D eigenvalue weighted by Crippen LogP contribution is 2.14. The van der Waals surface area contributed by atoms with E-state index in [1.54, 1.807) is 0 Å². The molecule has 5 heteroatoms. The normalized spacial score (nSPS) is 18.0. The molecule has 0 bridgehead atoms. The molecule has 0 saturated carbocycles. The van der Waals surface area contributed by atoms with Gasteiger partial charge in [-0.2, -0.15) is 5.10 Å². The maximum absolute atomic E-state index is 4.37. The third-order valence-electron chi connectivity index (χ3n) is 2.97. The zero-order valence-corrected chi connectivity index (χ0v) is 9.11. The molecule has 1 saturated heterocycles. The lowest BCUT2D eigenvalue weighted by molar-refractivity contribution is 0.231. The second-order valence-electron chi connectivity index (χ2n) is 4.10. The van der Waals surface area contributed by atoms with Gasteiger partial charge in [0.2, 0.25) is 0 Å². The van der Waals surface area contributed by atoms with Crippen LogP contribution in [0.4, 0.5) is 0 Å². The summed E-state index contributed by atoms with van der Waals surface area (Å²) < 4.78 is 0. The summed E-state index contributed by atoms with van der Waals surface area (Å²) in [6.45, 7) is 5.23. The lowest BCUT2D eigenvalue weighted by Crippen LogP contribution is -2.43. The average molecular weight is 217 g/mol. The molecular weight excluding hydrogens is 202 g/mol. The Morgan fingerprint density at radius 1 is 1.31 bits per heavy atom. The van der Waals surface area contributed by atoms with Gasteiger partial charge in [-0.1, -0.05) is 0 Å². The predicted molar refractivity (Wildman–Crippen MR) is 62.0 cm³/mol. The largest absolute Gasteiger partial charge is 0.314 e. The van der Waals surface area contributed by atoms with Gasteiger partial charge in [0.1, 0.15) is 11.0 Å². The van der Waals surface area contributed by atoms with Crippen molar-refractivity contribution in [1.82, 2.24) is 25.4 Å². The van der Waals surface area contributed by atoms with E-state index in [0.717, 1.165) is 49.5 Å². The zero-order chi connectivity index (χ0) is 10.8. The fourth-order valence-electron chi connectivity index (χ4n) is 2.10. The van der Waals surface area contributed by atoms with Crippen LogP contribution in [0.15, 0.2) is 18.3 Å². The molecule has 0 radical (unpaired) electrons. The van der Waals surface area contributed by atoms with E-state index >= 15 is 0 Å². The van der Waals surface area contributed by atoms with E-state index in [0.29, 0.717) is 0 Å². The SMILES string of the molecule is c1cnc2c(CN3CCNCC3)[nH]nc2c1. The van der Waals surface area contributed by atoms with E-state index in [-0.39, 0.29) is 0 Å². The van der Waals surface area contributed by atoms with Crippen molar-refractivity contribution in [3.63, 3.8) is 0 Å². The second-order valence-corrected chi connectivity index (χ2v) is 4.10. The Hall–Kier alpha value is -1.46. The Morgan fingerprint density at radius 2 is 2.19 bits per heavy atom. The van der Waals surface area contributed by atoms with E-state index < -0.39 is 0 Å². The third-order valence-corrected chi connectivity index (χ3v) is 2.97. The molecule has 0 spiro atoms. The number of pyridine rings is 1. The molecule has 1 fully saturated rings. The number of aromatic amines is 1. The quantitative estimate of drug-likeness (QED) is 0.762. The topological polar surface area (TPSA) is 56.8 Å². The van der Waals surface area contributed by atoms with Crippen LogP contribution in [0.3, 0.4) is 0 Å². The summed E-state index contributed by atoms with van der Waals surface area (Å²) in [5.74, 6) is 0. The van der Waals surface area contributed by atoms with E-state index in [4.69, 9.17) is 0 Å². The number of H-pyrrole nitrogens is 1. The molecule has 0 unspecified atom stereocenters. The van der Waals surface area contributed by atoms with Crippen molar-refractivity contribution in [2.24, 2.45) is 0 Å². The molecule has 3 rings (SSSR count). The number of nitrogens with zero attached hydrogens (tertiary/aromatic N) is 3. The number of hydrogen-bond donors (Lipinski definition) is 2. The summed E-state index contributed by atoms with van der Waals surface area (Å²) in [5.41, 5.74) is 3.08. The Bertz CT molecular complexity index is 472. The molecular formula is C11H15N5. The Labute approximate surface area is 93.9 Å². The molecule has 0 amide bonds. The fourth-order valence-corrected chi connectivity index (χ4v) is 2.10. The van der Waals surface area contributed by atoms with Crippen LogP contribution in [0, 0.1) is 0 Å². The monoisotopic (exact) mass is 217 g/mol. The Kier molecular flexibility index (Phi) is 2.55. The summed E-state index contributed by atoms with van der Waals surface area (Å²) in [4.78, 5) is 6.79. The Balaban J connectivity index is 1.83. The van der Waals surface area contributed by atoms with Crippen LogP contribution >= 0.6 is 0 Å². The molecule has 1 aliphatic heterocycles. The van der Waals surface area contributed by atoms with E-state index in [1.165, 1.54) is 0 Å². The molecule has 3 heterocycles. The van der Waals surface area contributed by atoms with E-state index in [2.05, 4.69) is 25.4 Å². The lowest BCUT2D eigenvalue weighted by Gasteiger charge is -2.26. The van der Waals surface area contributed by atoms with Gasteiger partial charge in [0.25, 0.3) is 0 Å². The van der Waals surface area contributed by atoms with Crippen molar-refractivity contribution in [2.75, 3.05) is 26.2 Å². The number of fused-ring (bicyclic) bond motifs is 1. The van der Waals surface area contributed by atoms with Crippen LogP contribution in [-0.2, 0) is 6.54 Å². The minimum Gasteiger partial charge on any atom is -0.314 e.